The summed E-state index contributed by atoms with van der Waals surface area (Å²) in [7, 11) is 1.50. The first-order chi connectivity index (χ1) is 10.1. The van der Waals surface area contributed by atoms with Crippen molar-refractivity contribution >= 4 is 5.91 Å². The average molecular weight is 298 g/mol. The lowest BCUT2D eigenvalue weighted by Crippen LogP contribution is -2.45. The van der Waals surface area contributed by atoms with Gasteiger partial charge in [0, 0.05) is 44.4 Å². The molecular weight excluding hydrogens is 278 g/mol. The maximum atomic E-state index is 13.5. The Hall–Kier alpha value is -1.53. The molecule has 0 spiro atoms. The number of benzene rings is 1. The van der Waals surface area contributed by atoms with Gasteiger partial charge < -0.3 is 15.0 Å². The number of carbonyl (C=O) groups is 1. The smallest absolute Gasteiger partial charge is 0.248 e. The van der Waals surface area contributed by atoms with Gasteiger partial charge in [-0.05, 0) is 18.9 Å². The van der Waals surface area contributed by atoms with Crippen LogP contribution in [0.15, 0.2) is 18.2 Å². The number of methoxy groups -OCH3 is 1. The number of amides is 1. The molecule has 1 aliphatic heterocycles. The SMILES string of the molecule is COCC(=O)N1CCC(NCc2ccc(F)cc2F)CC1. The lowest BCUT2D eigenvalue weighted by Gasteiger charge is -2.32. The van der Waals surface area contributed by atoms with Crippen LogP contribution in [0, 0.1) is 11.6 Å². The highest BCUT2D eigenvalue weighted by Gasteiger charge is 2.22. The first kappa shape index (κ1) is 15.9. The van der Waals surface area contributed by atoms with E-state index >= 15 is 0 Å². The van der Waals surface area contributed by atoms with Crippen LogP contribution >= 0.6 is 0 Å². The molecule has 0 radical (unpaired) electrons. The van der Waals surface area contributed by atoms with Gasteiger partial charge in [0.1, 0.15) is 18.2 Å². The summed E-state index contributed by atoms with van der Waals surface area (Å²) >= 11 is 0. The molecule has 116 valence electrons. The highest BCUT2D eigenvalue weighted by atomic mass is 19.1. The molecule has 0 atom stereocenters. The van der Waals surface area contributed by atoms with Crippen molar-refractivity contribution in [3.63, 3.8) is 0 Å². The number of piperidine rings is 1. The fraction of sp³-hybridized carbons (Fsp3) is 0.533. The molecule has 0 unspecified atom stereocenters. The molecule has 0 aromatic heterocycles. The molecule has 1 aromatic carbocycles. The highest BCUT2D eigenvalue weighted by Crippen LogP contribution is 2.13. The normalized spacial score (nSPS) is 16.2. The van der Waals surface area contributed by atoms with Gasteiger partial charge in [0.15, 0.2) is 0 Å². The fourth-order valence-electron chi connectivity index (χ4n) is 2.47. The van der Waals surface area contributed by atoms with Crippen LogP contribution in [0.5, 0.6) is 0 Å². The molecular formula is C15H20F2N2O2. The van der Waals surface area contributed by atoms with Crippen LogP contribution in [-0.2, 0) is 16.1 Å². The Kier molecular flexibility index (Phi) is 5.64. The van der Waals surface area contributed by atoms with Gasteiger partial charge in [0.05, 0.1) is 0 Å². The van der Waals surface area contributed by atoms with E-state index in [1.807, 2.05) is 0 Å². The predicted molar refractivity (Wildman–Crippen MR) is 74.7 cm³/mol. The van der Waals surface area contributed by atoms with E-state index < -0.39 is 11.6 Å². The summed E-state index contributed by atoms with van der Waals surface area (Å²) in [5.41, 5.74) is 0.453. The van der Waals surface area contributed by atoms with Crippen LogP contribution in [0.1, 0.15) is 18.4 Å². The average Bonchev–Trinajstić information content (AvgIpc) is 2.47. The molecule has 0 saturated carbocycles. The van der Waals surface area contributed by atoms with Crippen LogP contribution in [0.25, 0.3) is 0 Å². The Balaban J connectivity index is 1.77. The molecule has 2 rings (SSSR count). The first-order valence-electron chi connectivity index (χ1n) is 7.04. The van der Waals surface area contributed by atoms with Gasteiger partial charge in [-0.1, -0.05) is 6.07 Å². The molecule has 1 saturated heterocycles. The van der Waals surface area contributed by atoms with Crippen molar-refractivity contribution in [2.24, 2.45) is 0 Å². The third-order valence-electron chi connectivity index (χ3n) is 3.71. The number of nitrogens with zero attached hydrogens (tertiary/aromatic N) is 1. The summed E-state index contributed by atoms with van der Waals surface area (Å²) in [4.78, 5) is 13.4. The number of rotatable bonds is 5. The molecule has 1 heterocycles. The van der Waals surface area contributed by atoms with E-state index in [0.717, 1.165) is 18.9 Å². The van der Waals surface area contributed by atoms with E-state index in [4.69, 9.17) is 4.74 Å². The van der Waals surface area contributed by atoms with Crippen molar-refractivity contribution in [3.8, 4) is 0 Å². The summed E-state index contributed by atoms with van der Waals surface area (Å²) < 4.78 is 31.2. The summed E-state index contributed by atoms with van der Waals surface area (Å²) in [6.45, 7) is 1.82. The topological polar surface area (TPSA) is 41.6 Å². The Bertz CT molecular complexity index is 489. The number of hydrogen-bond acceptors (Lipinski definition) is 3. The lowest BCUT2D eigenvalue weighted by atomic mass is 10.0. The maximum Gasteiger partial charge on any atom is 0.248 e. The Morgan fingerprint density at radius 1 is 1.38 bits per heavy atom. The van der Waals surface area contributed by atoms with Crippen molar-refractivity contribution in [3.05, 3.63) is 35.4 Å². The second kappa shape index (κ2) is 7.47. The van der Waals surface area contributed by atoms with Gasteiger partial charge in [-0.25, -0.2) is 8.78 Å². The zero-order valence-electron chi connectivity index (χ0n) is 12.1. The van der Waals surface area contributed by atoms with Crippen LogP contribution in [0.3, 0.4) is 0 Å². The summed E-state index contributed by atoms with van der Waals surface area (Å²) in [6, 6.07) is 3.84. The van der Waals surface area contributed by atoms with Crippen molar-refractivity contribution in [2.45, 2.75) is 25.4 Å². The van der Waals surface area contributed by atoms with Crippen LogP contribution in [0.2, 0.25) is 0 Å². The van der Waals surface area contributed by atoms with Crippen LogP contribution < -0.4 is 5.32 Å². The van der Waals surface area contributed by atoms with Gasteiger partial charge in [0.2, 0.25) is 5.91 Å². The van der Waals surface area contributed by atoms with Crippen LogP contribution in [0.4, 0.5) is 8.78 Å². The Morgan fingerprint density at radius 2 is 2.10 bits per heavy atom. The molecule has 1 aromatic rings. The van der Waals surface area contributed by atoms with Gasteiger partial charge >= 0.3 is 0 Å². The van der Waals surface area contributed by atoms with E-state index in [-0.39, 0.29) is 18.6 Å². The number of halogens is 2. The standard InChI is InChI=1S/C15H20F2N2O2/c1-21-10-15(20)19-6-4-13(5-7-19)18-9-11-2-3-12(16)8-14(11)17/h2-3,8,13,18H,4-7,9-10H2,1H3. The molecule has 1 aliphatic rings. The minimum Gasteiger partial charge on any atom is -0.375 e. The second-order valence-electron chi connectivity index (χ2n) is 5.20. The molecule has 0 bridgehead atoms. The Morgan fingerprint density at radius 3 is 2.71 bits per heavy atom. The number of nitrogens with one attached hydrogen (secondary N) is 1. The minimum absolute atomic E-state index is 0.000490. The molecule has 1 amide bonds. The quantitative estimate of drug-likeness (QED) is 0.899. The Labute approximate surface area is 123 Å². The van der Waals surface area contributed by atoms with Crippen molar-refractivity contribution < 1.29 is 18.3 Å². The zero-order valence-corrected chi connectivity index (χ0v) is 12.1. The summed E-state index contributed by atoms with van der Waals surface area (Å²) in [5, 5.41) is 3.26. The lowest BCUT2D eigenvalue weighted by molar-refractivity contribution is -0.136. The molecule has 1 N–H and O–H groups in total. The van der Waals surface area contributed by atoms with E-state index in [0.29, 0.717) is 25.2 Å². The van der Waals surface area contributed by atoms with Crippen molar-refractivity contribution in [2.75, 3.05) is 26.8 Å². The van der Waals surface area contributed by atoms with Gasteiger partial charge in [0.25, 0.3) is 0 Å². The predicted octanol–water partition coefficient (Wildman–Crippen LogP) is 1.69. The largest absolute Gasteiger partial charge is 0.375 e. The first-order valence-corrected chi connectivity index (χ1v) is 7.04. The second-order valence-corrected chi connectivity index (χ2v) is 5.20. The maximum absolute atomic E-state index is 13.5. The number of ether oxygens (including phenoxy) is 1. The molecule has 4 nitrogen and oxygen atoms in total. The molecule has 1 fully saturated rings. The van der Waals surface area contributed by atoms with Gasteiger partial charge in [-0.2, -0.15) is 0 Å². The number of likely N-dealkylation sites (tertiary alicyclic amines) is 1. The monoisotopic (exact) mass is 298 g/mol. The third kappa shape index (κ3) is 4.47. The summed E-state index contributed by atoms with van der Waals surface area (Å²) in [6.07, 6.45) is 1.64. The van der Waals surface area contributed by atoms with Gasteiger partial charge in [-0.15, -0.1) is 0 Å². The van der Waals surface area contributed by atoms with Gasteiger partial charge in [-0.3, -0.25) is 4.79 Å². The summed E-state index contributed by atoms with van der Waals surface area (Å²) in [5.74, 6) is -1.10. The number of hydrogen-bond donors (Lipinski definition) is 1. The highest BCUT2D eigenvalue weighted by molar-refractivity contribution is 5.77. The molecule has 6 heteroatoms. The van der Waals surface area contributed by atoms with E-state index in [1.165, 1.54) is 19.2 Å². The van der Waals surface area contributed by atoms with Crippen molar-refractivity contribution in [1.82, 2.24) is 10.2 Å². The number of carbonyl (C=O) groups excluding carboxylic acids is 1. The zero-order chi connectivity index (χ0) is 15.2. The molecule has 0 aliphatic carbocycles. The minimum atomic E-state index is -0.568. The van der Waals surface area contributed by atoms with E-state index in [2.05, 4.69) is 5.32 Å². The van der Waals surface area contributed by atoms with E-state index in [9.17, 15) is 13.6 Å². The van der Waals surface area contributed by atoms with Crippen LogP contribution in [-0.4, -0.2) is 43.7 Å². The fourth-order valence-corrected chi connectivity index (χ4v) is 2.47. The van der Waals surface area contributed by atoms with E-state index in [1.54, 1.807) is 4.90 Å². The third-order valence-corrected chi connectivity index (χ3v) is 3.71. The van der Waals surface area contributed by atoms with Crippen molar-refractivity contribution in [1.29, 1.82) is 0 Å². The molecule has 21 heavy (non-hydrogen) atoms.